The summed E-state index contributed by atoms with van der Waals surface area (Å²) >= 11 is 0. The quantitative estimate of drug-likeness (QED) is 0.712. The van der Waals surface area contributed by atoms with Crippen LogP contribution in [0.5, 0.6) is 5.75 Å². The zero-order valence-corrected chi connectivity index (χ0v) is 18.5. The molecule has 178 valence electrons. The lowest BCUT2D eigenvalue weighted by atomic mass is 9.90. The number of aromatic nitrogens is 1. The highest BCUT2D eigenvalue weighted by molar-refractivity contribution is 5.99. The van der Waals surface area contributed by atoms with E-state index in [1.54, 1.807) is 4.90 Å². The predicted molar refractivity (Wildman–Crippen MR) is 114 cm³/mol. The molecule has 0 radical (unpaired) electrons. The highest BCUT2D eigenvalue weighted by atomic mass is 19.1. The number of rotatable bonds is 3. The monoisotopic (exact) mass is 471 g/mol. The summed E-state index contributed by atoms with van der Waals surface area (Å²) in [5.74, 6) is -2.31. The van der Waals surface area contributed by atoms with Gasteiger partial charge >= 0.3 is 0 Å². The second kappa shape index (κ2) is 7.11. The Morgan fingerprint density at radius 3 is 2.71 bits per heavy atom. The molecule has 4 aliphatic rings. The third-order valence-electron chi connectivity index (χ3n) is 8.04. The molecule has 6 rings (SSSR count). The Bertz CT molecular complexity index is 1310. The second-order valence-corrected chi connectivity index (χ2v) is 9.77. The van der Waals surface area contributed by atoms with E-state index in [2.05, 4.69) is 19.2 Å². The lowest BCUT2D eigenvalue weighted by molar-refractivity contribution is -0.171. The summed E-state index contributed by atoms with van der Waals surface area (Å²) < 4.78 is 34.6. The molecule has 10 heteroatoms. The van der Waals surface area contributed by atoms with E-state index in [0.29, 0.717) is 23.8 Å². The van der Waals surface area contributed by atoms with Gasteiger partial charge in [0, 0.05) is 36.3 Å². The molecule has 1 saturated heterocycles. The van der Waals surface area contributed by atoms with Gasteiger partial charge in [0.1, 0.15) is 17.2 Å². The smallest absolute Gasteiger partial charge is 0.276 e. The number of benzene rings is 1. The summed E-state index contributed by atoms with van der Waals surface area (Å²) in [5.41, 5.74) is -1.49. The predicted octanol–water partition coefficient (Wildman–Crippen LogP) is 1.84. The molecule has 2 aliphatic heterocycles. The Morgan fingerprint density at radius 1 is 1.21 bits per heavy atom. The number of halogens is 2. The van der Waals surface area contributed by atoms with E-state index in [9.17, 15) is 28.3 Å². The number of nitrogens with zero attached hydrogens (tertiary/aromatic N) is 2. The van der Waals surface area contributed by atoms with Crippen LogP contribution < -0.4 is 10.7 Å². The third-order valence-corrected chi connectivity index (χ3v) is 8.04. The van der Waals surface area contributed by atoms with Gasteiger partial charge in [-0.15, -0.1) is 0 Å². The first-order valence-corrected chi connectivity index (χ1v) is 11.4. The largest absolute Gasteiger partial charge is 0.503 e. The van der Waals surface area contributed by atoms with Crippen LogP contribution in [0.1, 0.15) is 40.3 Å². The zero-order valence-electron chi connectivity index (χ0n) is 18.5. The average Bonchev–Trinajstić information content (AvgIpc) is 3.39. The molecule has 8 nitrogen and oxygen atoms in total. The van der Waals surface area contributed by atoms with Crippen LogP contribution in [0.3, 0.4) is 0 Å². The van der Waals surface area contributed by atoms with Gasteiger partial charge in [-0.1, -0.05) is 19.9 Å². The van der Waals surface area contributed by atoms with Crippen LogP contribution >= 0.6 is 0 Å². The summed E-state index contributed by atoms with van der Waals surface area (Å²) in [6, 6.07) is 2.94. The van der Waals surface area contributed by atoms with Gasteiger partial charge in [-0.3, -0.25) is 14.4 Å². The van der Waals surface area contributed by atoms with E-state index in [-0.39, 0.29) is 48.0 Å². The lowest BCUT2D eigenvalue weighted by Crippen LogP contribution is -2.61. The average molecular weight is 471 g/mol. The van der Waals surface area contributed by atoms with Gasteiger partial charge in [0.25, 0.3) is 11.8 Å². The Kier molecular flexibility index (Phi) is 4.45. The number of nitrogens with one attached hydrogen (secondary N) is 1. The standard InChI is InChI=1S/C24H23F2N3O5/c1-9-16-17(9)22-10(2)18(16)29-15(34-22)8-28-7-13(20(30)21(31)19(28)24(29)33)23(32)27-6-11-3-4-12(25)5-14(11)26/h3-5,7,9-10,15-18,22,31H,6,8H2,1-2H3,(H,27,32)/t9-,10-,15+,16+,17-,18-,22?/m1/s1. The molecule has 1 aromatic carbocycles. The number of carbonyl (C=O) groups excluding carboxylic acids is 2. The van der Waals surface area contributed by atoms with Gasteiger partial charge in [0.15, 0.2) is 17.7 Å². The molecule has 0 spiro atoms. The summed E-state index contributed by atoms with van der Waals surface area (Å²) in [7, 11) is 0. The minimum Gasteiger partial charge on any atom is -0.503 e. The van der Waals surface area contributed by atoms with Crippen molar-refractivity contribution in [3.63, 3.8) is 0 Å². The van der Waals surface area contributed by atoms with Crippen molar-refractivity contribution in [2.75, 3.05) is 0 Å². The molecule has 3 heterocycles. The van der Waals surface area contributed by atoms with Crippen molar-refractivity contribution in [3.05, 3.63) is 63.1 Å². The Labute approximate surface area is 193 Å². The first-order valence-electron chi connectivity index (χ1n) is 11.4. The SMILES string of the molecule is C[C@H]1[C@H]2C3O[C@H]4Cn5cc(C(=O)NCc6ccc(F)cc6F)c(=O)c(O)c5C(=O)N4[C@@H]([C@@H]12)[C@H]3C. The van der Waals surface area contributed by atoms with Crippen molar-refractivity contribution in [1.82, 2.24) is 14.8 Å². The molecule has 2 saturated carbocycles. The zero-order chi connectivity index (χ0) is 24.0. The topological polar surface area (TPSA) is 101 Å². The number of hydrogen-bond donors (Lipinski definition) is 2. The van der Waals surface area contributed by atoms with E-state index in [1.165, 1.54) is 16.8 Å². The molecule has 7 atom stereocenters. The second-order valence-electron chi connectivity index (χ2n) is 9.77. The fraction of sp³-hybridized carbons (Fsp3) is 0.458. The number of aromatic hydroxyl groups is 1. The molecule has 2 amide bonds. The Balaban J connectivity index is 1.30. The Hall–Kier alpha value is -3.27. The van der Waals surface area contributed by atoms with E-state index in [1.807, 2.05) is 0 Å². The van der Waals surface area contributed by atoms with Crippen LogP contribution in [-0.4, -0.2) is 44.8 Å². The van der Waals surface area contributed by atoms with E-state index in [0.717, 1.165) is 6.07 Å². The molecule has 2 N–H and O–H groups in total. The highest BCUT2D eigenvalue weighted by Gasteiger charge is 2.70. The lowest BCUT2D eigenvalue weighted by Gasteiger charge is -2.49. The number of carbonyl (C=O) groups is 2. The highest BCUT2D eigenvalue weighted by Crippen LogP contribution is 2.64. The fourth-order valence-corrected chi connectivity index (χ4v) is 6.37. The molecule has 2 bridgehead atoms. The van der Waals surface area contributed by atoms with Gasteiger partial charge in [0.2, 0.25) is 5.43 Å². The summed E-state index contributed by atoms with van der Waals surface area (Å²) in [6.45, 7) is 4.11. The first kappa shape index (κ1) is 21.3. The summed E-state index contributed by atoms with van der Waals surface area (Å²) in [6.07, 6.45) is 0.745. The van der Waals surface area contributed by atoms with Crippen molar-refractivity contribution >= 4 is 11.8 Å². The number of pyridine rings is 1. The normalized spacial score (nSPS) is 32.6. The van der Waals surface area contributed by atoms with E-state index >= 15 is 0 Å². The maximum atomic E-state index is 13.9. The minimum absolute atomic E-state index is 0.00640. The first-order chi connectivity index (χ1) is 16.2. The molecular weight excluding hydrogens is 448 g/mol. The van der Waals surface area contributed by atoms with Crippen LogP contribution in [0.15, 0.2) is 29.2 Å². The van der Waals surface area contributed by atoms with Crippen molar-refractivity contribution in [2.45, 2.75) is 45.3 Å². The number of hydrogen-bond acceptors (Lipinski definition) is 5. The Morgan fingerprint density at radius 2 is 1.97 bits per heavy atom. The summed E-state index contributed by atoms with van der Waals surface area (Å²) in [5, 5.41) is 13.1. The molecule has 2 aromatic rings. The van der Waals surface area contributed by atoms with E-state index < -0.39 is 40.9 Å². The fourth-order valence-electron chi connectivity index (χ4n) is 6.37. The molecule has 2 aliphatic carbocycles. The number of ether oxygens (including phenoxy) is 1. The molecule has 34 heavy (non-hydrogen) atoms. The molecule has 1 aromatic heterocycles. The third kappa shape index (κ3) is 2.81. The number of amides is 2. The molecule has 3 fully saturated rings. The van der Waals surface area contributed by atoms with Crippen LogP contribution in [-0.2, 0) is 17.8 Å². The van der Waals surface area contributed by atoms with Gasteiger partial charge in [-0.2, -0.15) is 0 Å². The maximum absolute atomic E-state index is 13.9. The van der Waals surface area contributed by atoms with Crippen molar-refractivity contribution in [2.24, 2.45) is 23.7 Å². The van der Waals surface area contributed by atoms with Crippen molar-refractivity contribution < 1.29 is 28.2 Å². The van der Waals surface area contributed by atoms with Gasteiger partial charge < -0.3 is 24.6 Å². The van der Waals surface area contributed by atoms with E-state index in [4.69, 9.17) is 4.74 Å². The van der Waals surface area contributed by atoms with Gasteiger partial charge in [-0.25, -0.2) is 8.78 Å². The van der Waals surface area contributed by atoms with Gasteiger partial charge in [0.05, 0.1) is 12.6 Å². The van der Waals surface area contributed by atoms with Crippen LogP contribution in [0.25, 0.3) is 0 Å². The van der Waals surface area contributed by atoms with Crippen LogP contribution in [0.4, 0.5) is 8.78 Å². The maximum Gasteiger partial charge on any atom is 0.276 e. The van der Waals surface area contributed by atoms with Crippen molar-refractivity contribution in [3.8, 4) is 5.75 Å². The minimum atomic E-state index is -0.983. The van der Waals surface area contributed by atoms with Crippen molar-refractivity contribution in [1.29, 1.82) is 0 Å². The van der Waals surface area contributed by atoms with Crippen LogP contribution in [0.2, 0.25) is 0 Å². The van der Waals surface area contributed by atoms with Crippen LogP contribution in [0, 0.1) is 35.3 Å². The molecular formula is C24H23F2N3O5. The summed E-state index contributed by atoms with van der Waals surface area (Å²) in [4.78, 5) is 40.6. The van der Waals surface area contributed by atoms with Gasteiger partial charge in [-0.05, 0) is 23.8 Å². The molecule has 1 unspecified atom stereocenters. The number of fused-ring (bicyclic) bond motifs is 8.